The Morgan fingerprint density at radius 2 is 0.722 bits per heavy atom. The third-order valence-electron chi connectivity index (χ3n) is 18.8. The first-order valence-corrected chi connectivity index (χ1v) is 39.5. The predicted octanol–water partition coefficient (Wildman–Crippen LogP) is 10.4. The van der Waals surface area contributed by atoms with E-state index >= 15 is 0 Å². The van der Waals surface area contributed by atoms with E-state index in [1.54, 1.807) is 0 Å². The second-order valence-corrected chi connectivity index (χ2v) is 28.8. The summed E-state index contributed by atoms with van der Waals surface area (Å²) in [6.07, 6.45) is 12.8. The second kappa shape index (κ2) is 54.4. The summed E-state index contributed by atoms with van der Waals surface area (Å²) >= 11 is 0. The van der Waals surface area contributed by atoms with Crippen molar-refractivity contribution >= 4 is 25.7 Å². The number of phosphoric acid groups is 1. The summed E-state index contributed by atoms with van der Waals surface area (Å²) in [5.74, 6) is -1.98. The van der Waals surface area contributed by atoms with Crippen molar-refractivity contribution in [2.24, 2.45) is 0 Å². The van der Waals surface area contributed by atoms with Crippen LogP contribution in [0, 0.1) is 0 Å². The number of carbonyl (C=O) groups excluding carboxylic acids is 3. The van der Waals surface area contributed by atoms with E-state index in [1.807, 2.05) is 0 Å². The smallest absolute Gasteiger partial charge is 0.463 e. The Hall–Kier alpha value is -2.30. The van der Waals surface area contributed by atoms with Crippen molar-refractivity contribution in [3.8, 4) is 0 Å². The molecule has 2 aliphatic heterocycles. The lowest BCUT2D eigenvalue weighted by atomic mass is 9.84. The summed E-state index contributed by atoms with van der Waals surface area (Å²) in [6.45, 7) is 3.44. The lowest BCUT2D eigenvalue weighted by molar-refractivity contribution is -0.360. The van der Waals surface area contributed by atoms with E-state index in [4.69, 9.17) is 42.2 Å². The van der Waals surface area contributed by atoms with Gasteiger partial charge in [-0.3, -0.25) is 23.4 Å². The second-order valence-electron chi connectivity index (χ2n) is 27.4. The molecule has 2 heterocycles. The van der Waals surface area contributed by atoms with Gasteiger partial charge < -0.3 is 89.1 Å². The van der Waals surface area contributed by atoms with Crippen molar-refractivity contribution in [3.63, 3.8) is 0 Å². The largest absolute Gasteiger partial charge is 0.472 e. The van der Waals surface area contributed by atoms with Crippen molar-refractivity contribution in [2.45, 2.75) is 401 Å². The summed E-state index contributed by atoms with van der Waals surface area (Å²) in [6, 6.07) is 0. The minimum Gasteiger partial charge on any atom is -0.463 e. The molecule has 24 nitrogen and oxygen atoms in total. The lowest BCUT2D eigenvalue weighted by Gasteiger charge is -2.49. The number of rotatable bonds is 59. The van der Waals surface area contributed by atoms with Gasteiger partial charge in [0, 0.05) is 19.3 Å². The van der Waals surface area contributed by atoms with E-state index in [0.29, 0.717) is 19.3 Å². The molecule has 1 saturated carbocycles. The molecule has 0 radical (unpaired) electrons. The summed E-state index contributed by atoms with van der Waals surface area (Å²) in [5, 5.41) is 110. The Labute approximate surface area is 580 Å². The number of aliphatic hydroxyl groups excluding tert-OH is 10. The zero-order valence-electron chi connectivity index (χ0n) is 59.4. The highest BCUT2D eigenvalue weighted by atomic mass is 31.2. The fourth-order valence-electron chi connectivity index (χ4n) is 12.6. The molecule has 570 valence electrons. The first kappa shape index (κ1) is 88.9. The SMILES string of the molecule is CCCCCC/C=C\CCCCCCCCCC(=O)OCC(COP(=O)(O)OC1C(OC2OC(CO)C(O)C(O)C2O)C(O)C(O)C(O)C1OC1OC(COC(=O)CCCCCCCCCCCCCCCCC)C(O)C(O)C1O)OC(=O)CCCCCCCCCCCCCC. The van der Waals surface area contributed by atoms with Gasteiger partial charge in [-0.1, -0.05) is 245 Å². The highest BCUT2D eigenvalue weighted by Crippen LogP contribution is 2.49. The zero-order valence-corrected chi connectivity index (χ0v) is 60.3. The molecule has 0 spiro atoms. The molecule has 0 amide bonds. The Balaban J connectivity index is 1.72. The van der Waals surface area contributed by atoms with Gasteiger partial charge >= 0.3 is 25.7 Å². The number of ether oxygens (including phenoxy) is 7. The van der Waals surface area contributed by atoms with Crippen LogP contribution >= 0.6 is 7.82 Å². The molecule has 25 heteroatoms. The van der Waals surface area contributed by atoms with Crippen LogP contribution in [0.3, 0.4) is 0 Å². The maximum atomic E-state index is 14.3. The van der Waals surface area contributed by atoms with Crippen LogP contribution in [0.5, 0.6) is 0 Å². The molecular weight excluding hydrogens is 1280 g/mol. The third kappa shape index (κ3) is 37.6. The Morgan fingerprint density at radius 3 is 1.12 bits per heavy atom. The van der Waals surface area contributed by atoms with Crippen LogP contribution in [-0.2, 0) is 61.2 Å². The maximum absolute atomic E-state index is 14.3. The van der Waals surface area contributed by atoms with E-state index < -0.39 is 156 Å². The van der Waals surface area contributed by atoms with Gasteiger partial charge in [0.25, 0.3) is 0 Å². The number of hydrogen-bond donors (Lipinski definition) is 11. The average molecular weight is 1410 g/mol. The van der Waals surface area contributed by atoms with Crippen LogP contribution in [0.15, 0.2) is 12.2 Å². The Kier molecular flexibility index (Phi) is 49.8. The van der Waals surface area contributed by atoms with Crippen molar-refractivity contribution in [1.82, 2.24) is 0 Å². The molecule has 0 aromatic rings. The molecule has 11 N–H and O–H groups in total. The van der Waals surface area contributed by atoms with E-state index in [1.165, 1.54) is 122 Å². The van der Waals surface area contributed by atoms with Crippen LogP contribution in [-0.4, -0.2) is 204 Å². The summed E-state index contributed by atoms with van der Waals surface area (Å²) in [4.78, 5) is 51.0. The molecule has 1 aliphatic carbocycles. The van der Waals surface area contributed by atoms with Gasteiger partial charge in [-0.25, -0.2) is 4.57 Å². The topological polar surface area (TPSA) is 374 Å². The molecule has 97 heavy (non-hydrogen) atoms. The van der Waals surface area contributed by atoms with E-state index in [2.05, 4.69) is 32.9 Å². The number of carbonyl (C=O) groups is 3. The summed E-state index contributed by atoms with van der Waals surface area (Å²) in [5.41, 5.74) is 0. The molecule has 3 rings (SSSR count). The molecule has 0 aromatic heterocycles. The molecule has 3 aliphatic rings. The van der Waals surface area contributed by atoms with Crippen LogP contribution in [0.2, 0.25) is 0 Å². The standard InChI is InChI=1S/C72H133O24P/c1-4-7-10-13-16-19-22-25-27-29-32-34-37-40-43-46-56(74)88-50-53(91-58(76)48-45-42-39-36-31-24-21-18-15-12-9-6-3)51-90-97(86,87)96-70-68(94-71-66(84)61(79)59(77)54(49-73)92-71)64(82)63(81)65(83)69(70)95-72-67(85)62(80)60(78)55(93-72)52-89-57(75)47-44-41-38-35-33-30-28-26-23-20-17-14-11-8-5-2/h19,22,53-55,59-73,77-85H,4-18,20-21,23-52H2,1-3H3,(H,86,87)/b22-19-. The molecule has 18 atom stereocenters. The van der Waals surface area contributed by atoms with Crippen molar-refractivity contribution < 1.29 is 117 Å². The number of phosphoric ester groups is 1. The highest BCUT2D eigenvalue weighted by molar-refractivity contribution is 7.47. The molecule has 0 aromatic carbocycles. The quantitative estimate of drug-likeness (QED) is 0.00886. The number of allylic oxidation sites excluding steroid dienone is 2. The minimum atomic E-state index is -5.69. The molecule has 18 unspecified atom stereocenters. The van der Waals surface area contributed by atoms with Gasteiger partial charge in [0.1, 0.15) is 98.7 Å². The Morgan fingerprint density at radius 1 is 0.392 bits per heavy atom. The van der Waals surface area contributed by atoms with Crippen molar-refractivity contribution in [1.29, 1.82) is 0 Å². The van der Waals surface area contributed by atoms with Crippen LogP contribution in [0.4, 0.5) is 0 Å². The monoisotopic (exact) mass is 1410 g/mol. The molecule has 0 bridgehead atoms. The van der Waals surface area contributed by atoms with E-state index in [9.17, 15) is 74.9 Å². The van der Waals surface area contributed by atoms with Gasteiger partial charge in [0.2, 0.25) is 0 Å². The fraction of sp³-hybridized carbons (Fsp3) is 0.931. The summed E-state index contributed by atoms with van der Waals surface area (Å²) in [7, 11) is -5.69. The minimum absolute atomic E-state index is 0.0327. The first-order chi connectivity index (χ1) is 46.8. The number of unbranched alkanes of at least 4 members (excludes halogenated alkanes) is 36. The first-order valence-electron chi connectivity index (χ1n) is 38.0. The summed E-state index contributed by atoms with van der Waals surface area (Å²) < 4.78 is 65.0. The molecule has 2 saturated heterocycles. The number of esters is 3. The van der Waals surface area contributed by atoms with Gasteiger partial charge in [0.05, 0.1) is 13.2 Å². The van der Waals surface area contributed by atoms with Gasteiger partial charge in [-0.2, -0.15) is 0 Å². The average Bonchev–Trinajstić information content (AvgIpc) is 0.763. The van der Waals surface area contributed by atoms with Gasteiger partial charge in [-0.05, 0) is 44.9 Å². The normalized spacial score (nSPS) is 27.8. The number of hydrogen-bond acceptors (Lipinski definition) is 23. The molecular formula is C72H133O24P. The molecule has 3 fully saturated rings. The zero-order chi connectivity index (χ0) is 71.1. The highest BCUT2D eigenvalue weighted by Gasteiger charge is 2.58. The fourth-order valence-corrected chi connectivity index (χ4v) is 13.5. The van der Waals surface area contributed by atoms with Crippen LogP contribution in [0.25, 0.3) is 0 Å². The van der Waals surface area contributed by atoms with E-state index in [0.717, 1.165) is 116 Å². The van der Waals surface area contributed by atoms with Crippen molar-refractivity contribution in [3.05, 3.63) is 12.2 Å². The number of aliphatic hydroxyl groups is 10. The third-order valence-corrected chi connectivity index (χ3v) is 19.8. The lowest BCUT2D eigenvalue weighted by Crippen LogP contribution is -2.69. The van der Waals surface area contributed by atoms with Crippen molar-refractivity contribution in [2.75, 3.05) is 26.4 Å². The van der Waals surface area contributed by atoms with Gasteiger partial charge in [0.15, 0.2) is 18.7 Å². The van der Waals surface area contributed by atoms with Gasteiger partial charge in [-0.15, -0.1) is 0 Å². The van der Waals surface area contributed by atoms with E-state index in [-0.39, 0.29) is 19.3 Å². The maximum Gasteiger partial charge on any atom is 0.472 e. The van der Waals surface area contributed by atoms with Crippen LogP contribution < -0.4 is 0 Å². The Bertz CT molecular complexity index is 2060. The predicted molar refractivity (Wildman–Crippen MR) is 365 cm³/mol. The van der Waals surface area contributed by atoms with Crippen LogP contribution in [0.1, 0.15) is 297 Å².